The molecule has 1 atom stereocenters. The molecular formula is C16H18O4S2. The van der Waals surface area contributed by atoms with E-state index in [4.69, 9.17) is 0 Å². The van der Waals surface area contributed by atoms with Crippen molar-refractivity contribution < 1.29 is 17.5 Å². The zero-order valence-corrected chi connectivity index (χ0v) is 14.0. The van der Waals surface area contributed by atoms with Gasteiger partial charge in [-0.15, -0.1) is 0 Å². The van der Waals surface area contributed by atoms with E-state index in [-0.39, 0.29) is 10.6 Å². The Morgan fingerprint density at radius 2 is 1.73 bits per heavy atom. The van der Waals surface area contributed by atoms with E-state index < -0.39 is 25.7 Å². The maximum absolute atomic E-state index is 12.9. The molecule has 0 bridgehead atoms. The van der Waals surface area contributed by atoms with Crippen molar-refractivity contribution in [2.24, 2.45) is 0 Å². The summed E-state index contributed by atoms with van der Waals surface area (Å²) in [6.07, 6.45) is 0. The number of hydrogen-bond acceptors (Lipinski definition) is 4. The van der Waals surface area contributed by atoms with Crippen LogP contribution < -0.4 is 0 Å². The van der Waals surface area contributed by atoms with Crippen molar-refractivity contribution in [1.82, 2.24) is 0 Å². The van der Waals surface area contributed by atoms with Gasteiger partial charge in [-0.1, -0.05) is 24.3 Å². The van der Waals surface area contributed by atoms with Gasteiger partial charge in [0, 0.05) is 0 Å². The van der Waals surface area contributed by atoms with Crippen LogP contribution in [0.2, 0.25) is 0 Å². The Hall–Kier alpha value is -1.34. The number of aryl methyl sites for hydroxylation is 2. The van der Waals surface area contributed by atoms with Gasteiger partial charge in [-0.3, -0.25) is 9.11 Å². The molecule has 1 unspecified atom stereocenters. The van der Waals surface area contributed by atoms with Gasteiger partial charge in [0.25, 0.3) is 0 Å². The predicted octanol–water partition coefficient (Wildman–Crippen LogP) is 3.94. The van der Waals surface area contributed by atoms with E-state index in [1.54, 1.807) is 36.4 Å². The summed E-state index contributed by atoms with van der Waals surface area (Å²) in [5, 5.41) is -0.907. The smallest absolute Gasteiger partial charge is 0.187 e. The van der Waals surface area contributed by atoms with Crippen molar-refractivity contribution in [3.63, 3.8) is 0 Å². The SMILES string of the molecule is Cc1cc(C)c2c(c1)S(O)(O)CC2S(=O)(=O)c1ccccc1. The van der Waals surface area contributed by atoms with E-state index in [1.165, 1.54) is 0 Å². The topological polar surface area (TPSA) is 74.6 Å². The molecule has 0 spiro atoms. The Kier molecular flexibility index (Phi) is 3.60. The molecule has 0 saturated carbocycles. The number of sulfone groups is 1. The second kappa shape index (κ2) is 5.09. The molecule has 0 aliphatic carbocycles. The minimum absolute atomic E-state index is 0.163. The fraction of sp³-hybridized carbons (Fsp3) is 0.250. The molecule has 6 heteroatoms. The summed E-state index contributed by atoms with van der Waals surface area (Å²) >= 11 is 0. The highest BCUT2D eigenvalue weighted by atomic mass is 32.3. The molecule has 0 saturated heterocycles. The first-order valence-corrected chi connectivity index (χ1v) is 10.2. The molecule has 22 heavy (non-hydrogen) atoms. The van der Waals surface area contributed by atoms with E-state index in [0.717, 1.165) is 11.1 Å². The standard InChI is InChI=1S/C16H18O4S2/c1-11-8-12(2)16-14(9-11)21(17,18)10-15(16)22(19,20)13-6-4-3-5-7-13/h3-9,15,17-18H,10H2,1-2H3. The summed E-state index contributed by atoms with van der Waals surface area (Å²) < 4.78 is 46.5. The third-order valence-electron chi connectivity index (χ3n) is 4.00. The Labute approximate surface area is 132 Å². The van der Waals surface area contributed by atoms with Crippen LogP contribution in [0.1, 0.15) is 21.9 Å². The summed E-state index contributed by atoms with van der Waals surface area (Å²) in [4.78, 5) is 0.595. The van der Waals surface area contributed by atoms with Crippen molar-refractivity contribution >= 4 is 20.4 Å². The second-order valence-corrected chi connectivity index (χ2v) is 9.91. The first-order chi connectivity index (χ1) is 10.2. The molecule has 3 rings (SSSR count). The van der Waals surface area contributed by atoms with E-state index >= 15 is 0 Å². The fourth-order valence-corrected chi connectivity index (χ4v) is 7.67. The molecule has 0 amide bonds. The lowest BCUT2D eigenvalue weighted by molar-refractivity contribution is 0.491. The van der Waals surface area contributed by atoms with Crippen LogP contribution in [0.5, 0.6) is 0 Å². The molecule has 0 aromatic heterocycles. The van der Waals surface area contributed by atoms with Gasteiger partial charge >= 0.3 is 0 Å². The van der Waals surface area contributed by atoms with E-state index in [2.05, 4.69) is 0 Å². The van der Waals surface area contributed by atoms with Gasteiger partial charge in [-0.2, -0.15) is 10.6 Å². The van der Waals surface area contributed by atoms with Crippen LogP contribution in [0.4, 0.5) is 0 Å². The molecule has 2 N–H and O–H groups in total. The minimum atomic E-state index is -3.66. The van der Waals surface area contributed by atoms with Gasteiger partial charge in [0.1, 0.15) is 5.25 Å². The summed E-state index contributed by atoms with van der Waals surface area (Å²) in [5.74, 6) is -0.163. The average molecular weight is 338 g/mol. The largest absolute Gasteiger partial charge is 0.295 e. The van der Waals surface area contributed by atoms with E-state index in [1.807, 2.05) is 19.9 Å². The Morgan fingerprint density at radius 1 is 1.09 bits per heavy atom. The van der Waals surface area contributed by atoms with Gasteiger partial charge in [0.2, 0.25) is 0 Å². The highest BCUT2D eigenvalue weighted by molar-refractivity contribution is 8.25. The van der Waals surface area contributed by atoms with Gasteiger partial charge in [-0.25, -0.2) is 8.42 Å². The molecular weight excluding hydrogens is 320 g/mol. The molecule has 1 aliphatic heterocycles. The third kappa shape index (κ3) is 2.36. The zero-order valence-electron chi connectivity index (χ0n) is 12.4. The second-order valence-electron chi connectivity index (χ2n) is 5.67. The number of rotatable bonds is 2. The van der Waals surface area contributed by atoms with Gasteiger partial charge in [-0.05, 0) is 48.7 Å². The quantitative estimate of drug-likeness (QED) is 0.870. The van der Waals surface area contributed by atoms with Crippen molar-refractivity contribution in [2.45, 2.75) is 28.9 Å². The Balaban J connectivity index is 2.21. The molecule has 1 aliphatic rings. The van der Waals surface area contributed by atoms with E-state index in [0.29, 0.717) is 10.5 Å². The Bertz CT molecular complexity index is 827. The fourth-order valence-electron chi connectivity index (χ4n) is 3.03. The molecule has 2 aromatic carbocycles. The van der Waals surface area contributed by atoms with Crippen LogP contribution in [0.3, 0.4) is 0 Å². The van der Waals surface area contributed by atoms with Crippen molar-refractivity contribution in [3.8, 4) is 0 Å². The maximum Gasteiger partial charge on any atom is 0.187 e. The number of hydrogen-bond donors (Lipinski definition) is 2. The highest BCUT2D eigenvalue weighted by Crippen LogP contribution is 2.62. The lowest BCUT2D eigenvalue weighted by atomic mass is 10.0. The lowest BCUT2D eigenvalue weighted by Gasteiger charge is -2.27. The van der Waals surface area contributed by atoms with Crippen LogP contribution in [0.25, 0.3) is 0 Å². The Morgan fingerprint density at radius 3 is 2.36 bits per heavy atom. The third-order valence-corrected chi connectivity index (χ3v) is 8.13. The maximum atomic E-state index is 12.9. The summed E-state index contributed by atoms with van der Waals surface area (Å²) in [7, 11) is -6.73. The van der Waals surface area contributed by atoms with Gasteiger partial charge in [0.05, 0.1) is 15.5 Å². The first kappa shape index (κ1) is 15.6. The number of fused-ring (bicyclic) bond motifs is 1. The normalized spacial score (nSPS) is 21.4. The van der Waals surface area contributed by atoms with E-state index in [9.17, 15) is 17.5 Å². The summed E-state index contributed by atoms with van der Waals surface area (Å²) in [6, 6.07) is 11.8. The van der Waals surface area contributed by atoms with Crippen LogP contribution in [-0.2, 0) is 9.84 Å². The van der Waals surface area contributed by atoms with Crippen LogP contribution in [0, 0.1) is 13.8 Å². The zero-order chi connectivity index (χ0) is 16.1. The molecule has 0 fully saturated rings. The van der Waals surface area contributed by atoms with Crippen molar-refractivity contribution in [2.75, 3.05) is 5.75 Å². The van der Waals surface area contributed by atoms with Crippen LogP contribution >= 0.6 is 10.6 Å². The molecule has 1 heterocycles. The van der Waals surface area contributed by atoms with Gasteiger partial charge < -0.3 is 0 Å². The van der Waals surface area contributed by atoms with Crippen molar-refractivity contribution in [3.05, 3.63) is 59.2 Å². The molecule has 118 valence electrons. The van der Waals surface area contributed by atoms with Crippen LogP contribution in [-0.4, -0.2) is 23.3 Å². The molecule has 4 nitrogen and oxygen atoms in total. The minimum Gasteiger partial charge on any atom is -0.295 e. The first-order valence-electron chi connectivity index (χ1n) is 6.89. The average Bonchev–Trinajstić information content (AvgIpc) is 2.73. The molecule has 2 aromatic rings. The number of benzene rings is 2. The lowest BCUT2D eigenvalue weighted by Crippen LogP contribution is -2.15. The summed E-state index contributed by atoms with van der Waals surface area (Å²) in [6.45, 7) is 3.68. The summed E-state index contributed by atoms with van der Waals surface area (Å²) in [5.41, 5.74) is 2.24. The monoisotopic (exact) mass is 338 g/mol. The van der Waals surface area contributed by atoms with Gasteiger partial charge in [0.15, 0.2) is 9.84 Å². The van der Waals surface area contributed by atoms with Crippen LogP contribution in [0.15, 0.2) is 52.3 Å². The van der Waals surface area contributed by atoms with Crippen molar-refractivity contribution in [1.29, 1.82) is 0 Å². The highest BCUT2D eigenvalue weighted by Gasteiger charge is 2.44. The predicted molar refractivity (Wildman–Crippen MR) is 88.3 cm³/mol. The molecule has 0 radical (unpaired) electrons.